The van der Waals surface area contributed by atoms with Crippen LogP contribution in [0.15, 0.2) is 0 Å². The predicted molar refractivity (Wildman–Crippen MR) is 248 cm³/mol. The van der Waals surface area contributed by atoms with Gasteiger partial charge in [0.1, 0.15) is 36.6 Å². The van der Waals surface area contributed by atoms with Crippen molar-refractivity contribution in [2.45, 2.75) is 211 Å². The van der Waals surface area contributed by atoms with Crippen molar-refractivity contribution in [1.82, 2.24) is 0 Å². The first kappa shape index (κ1) is 65.8. The van der Waals surface area contributed by atoms with Crippen LogP contribution in [0.4, 0.5) is 0 Å². The Kier molecular flexibility index (Phi) is 23.9. The highest BCUT2D eigenvalue weighted by atomic mass is 16.9. The number of aliphatic hydroxyl groups excluding tert-OH is 4. The number of esters is 9. The maximum Gasteiger partial charge on any atom is 0.338 e. The van der Waals surface area contributed by atoms with E-state index in [0.717, 1.165) is 55.4 Å². The first-order chi connectivity index (χ1) is 36.2. The molecular weight excluding hydrogens is 1050 g/mol. The van der Waals surface area contributed by atoms with Crippen LogP contribution in [0.3, 0.4) is 0 Å². The van der Waals surface area contributed by atoms with E-state index in [1.165, 1.54) is 0 Å². The maximum atomic E-state index is 11.4. The van der Waals surface area contributed by atoms with E-state index in [1.54, 1.807) is 0 Å². The van der Waals surface area contributed by atoms with Crippen molar-refractivity contribution in [2.24, 2.45) is 0 Å². The van der Waals surface area contributed by atoms with Crippen molar-refractivity contribution >= 4 is 53.7 Å². The second-order valence-corrected chi connectivity index (χ2v) is 18.2. The van der Waals surface area contributed by atoms with Gasteiger partial charge in [-0.05, 0) is 27.7 Å². The van der Waals surface area contributed by atoms with Gasteiger partial charge in [0.05, 0.1) is 6.61 Å². The molecule has 0 bridgehead atoms. The highest BCUT2D eigenvalue weighted by Crippen LogP contribution is 2.44. The summed E-state index contributed by atoms with van der Waals surface area (Å²) in [6.45, 7) is 15.7. The van der Waals surface area contributed by atoms with Gasteiger partial charge >= 0.3 is 53.7 Å². The van der Waals surface area contributed by atoms with E-state index in [9.17, 15) is 43.2 Å². The fourth-order valence-corrected chi connectivity index (χ4v) is 8.08. The molecule has 6 saturated heterocycles. The number of fused-ring (bicyclic) bond motifs is 3. The Labute approximate surface area is 447 Å². The minimum absolute atomic E-state index is 0.262. The second-order valence-electron chi connectivity index (χ2n) is 18.2. The number of hydrogen-bond donors (Lipinski definition) is 4. The molecule has 0 aromatic rings. The van der Waals surface area contributed by atoms with Crippen LogP contribution < -0.4 is 0 Å². The van der Waals surface area contributed by atoms with Crippen molar-refractivity contribution in [3.8, 4) is 37.0 Å². The number of carbonyl (C=O) groups is 9. The zero-order valence-electron chi connectivity index (χ0n) is 44.4. The zero-order chi connectivity index (χ0) is 59.3. The van der Waals surface area contributed by atoms with Crippen molar-refractivity contribution in [3.63, 3.8) is 0 Å². The SMILES string of the molecule is C#CC1OC(OC(C)=O)C(OC(C)=O)C(OC(C)=O)C1OC(C)=O.C#CC1OC2OC(C)(C)OC2C2OC(C)(C)OC12.C#C[C@H](OC(C)=O)[C@H]1OC(OC(C)=O)[C@H](OC(C)=O)C1OC(C)=O.O=C1O[C@H](C(O)CO)C(O)[C@H]1O. The smallest absolute Gasteiger partial charge is 0.338 e. The third-order valence-electron chi connectivity index (χ3n) is 10.7. The summed E-state index contributed by atoms with van der Waals surface area (Å²) >= 11 is 0. The Morgan fingerprint density at radius 2 is 0.962 bits per heavy atom. The molecule has 29 nitrogen and oxygen atoms in total. The van der Waals surface area contributed by atoms with E-state index in [4.69, 9.17) is 111 Å². The van der Waals surface area contributed by atoms with Crippen LogP contribution >= 0.6 is 0 Å². The van der Waals surface area contributed by atoms with Gasteiger partial charge in [-0.25, -0.2) is 4.79 Å². The van der Waals surface area contributed by atoms with Crippen LogP contribution in [0.1, 0.15) is 83.1 Å². The summed E-state index contributed by atoms with van der Waals surface area (Å²) in [5, 5.41) is 35.3. The van der Waals surface area contributed by atoms with Gasteiger partial charge in [0, 0.05) is 55.4 Å². The lowest BCUT2D eigenvalue weighted by molar-refractivity contribution is -0.286. The Bertz CT molecular complexity index is 2310. The molecule has 4 N–H and O–H groups in total. The average Bonchev–Trinajstić information content (AvgIpc) is 4.01. The number of rotatable bonds is 11. The molecule has 6 fully saturated rings. The van der Waals surface area contributed by atoms with Gasteiger partial charge in [-0.2, -0.15) is 0 Å². The molecule has 0 saturated carbocycles. The lowest BCUT2D eigenvalue weighted by Gasteiger charge is -2.42. The molecule has 6 aliphatic heterocycles. The third-order valence-corrected chi connectivity index (χ3v) is 10.7. The van der Waals surface area contributed by atoms with Crippen molar-refractivity contribution < 1.29 is 139 Å². The van der Waals surface area contributed by atoms with Crippen LogP contribution in [0.25, 0.3) is 0 Å². The Morgan fingerprint density at radius 1 is 0.538 bits per heavy atom. The highest BCUT2D eigenvalue weighted by molar-refractivity contribution is 5.78. The van der Waals surface area contributed by atoms with Crippen molar-refractivity contribution in [3.05, 3.63) is 0 Å². The highest BCUT2D eigenvalue weighted by Gasteiger charge is 2.61. The molecule has 6 aliphatic rings. The monoisotopic (exact) mass is 1120 g/mol. The maximum absolute atomic E-state index is 11.4. The summed E-state index contributed by atoms with van der Waals surface area (Å²) in [6.07, 6.45) is -4.21. The number of aliphatic hydroxyl groups is 4. The molecule has 78 heavy (non-hydrogen) atoms. The molecule has 434 valence electrons. The molecule has 6 heterocycles. The molecule has 0 aromatic carbocycles. The molecular formula is C49H64O29. The Morgan fingerprint density at radius 3 is 1.40 bits per heavy atom. The van der Waals surface area contributed by atoms with E-state index in [-0.39, 0.29) is 18.3 Å². The minimum atomic E-state index is -1.63. The predicted octanol–water partition coefficient (Wildman–Crippen LogP) is -2.59. The van der Waals surface area contributed by atoms with Crippen LogP contribution in [0, 0.1) is 37.0 Å². The van der Waals surface area contributed by atoms with Crippen LogP contribution in [0.5, 0.6) is 0 Å². The van der Waals surface area contributed by atoms with Gasteiger partial charge in [-0.15, -0.1) is 19.3 Å². The van der Waals surface area contributed by atoms with E-state index in [2.05, 4.69) is 22.5 Å². The molecule has 6 rings (SSSR count). The zero-order valence-corrected chi connectivity index (χ0v) is 44.4. The summed E-state index contributed by atoms with van der Waals surface area (Å²) in [5.41, 5.74) is 0. The van der Waals surface area contributed by atoms with Gasteiger partial charge in [0.25, 0.3) is 0 Å². The van der Waals surface area contributed by atoms with Gasteiger partial charge in [0.15, 0.2) is 66.7 Å². The Balaban J connectivity index is 0.000000281. The molecule has 0 aliphatic carbocycles. The van der Waals surface area contributed by atoms with Crippen molar-refractivity contribution in [1.29, 1.82) is 0 Å². The van der Waals surface area contributed by atoms with Crippen molar-refractivity contribution in [2.75, 3.05) is 6.61 Å². The Hall–Kier alpha value is -6.53. The second kappa shape index (κ2) is 28.4. The van der Waals surface area contributed by atoms with E-state index < -0.39 is 170 Å². The number of hydrogen-bond acceptors (Lipinski definition) is 29. The van der Waals surface area contributed by atoms with Crippen LogP contribution in [-0.2, 0) is 119 Å². The average molecular weight is 1120 g/mol. The first-order valence-corrected chi connectivity index (χ1v) is 23.5. The normalized spacial score (nSPS) is 34.1. The van der Waals surface area contributed by atoms with E-state index >= 15 is 0 Å². The molecule has 0 radical (unpaired) electrons. The fourth-order valence-electron chi connectivity index (χ4n) is 8.08. The number of ether oxygens (including phenoxy) is 16. The van der Waals surface area contributed by atoms with Crippen LogP contribution in [-0.4, -0.2) is 209 Å². The summed E-state index contributed by atoms with van der Waals surface area (Å²) in [7, 11) is 0. The summed E-state index contributed by atoms with van der Waals surface area (Å²) < 4.78 is 84.2. The molecule has 29 heteroatoms. The topological polar surface area (TPSA) is 382 Å². The molecule has 0 amide bonds. The summed E-state index contributed by atoms with van der Waals surface area (Å²) in [6, 6.07) is 0. The lowest BCUT2D eigenvalue weighted by atomic mass is 9.98. The summed E-state index contributed by atoms with van der Waals surface area (Å²) in [4.78, 5) is 101. The molecule has 14 unspecified atom stereocenters. The van der Waals surface area contributed by atoms with E-state index in [1.807, 2.05) is 27.7 Å². The van der Waals surface area contributed by atoms with Gasteiger partial charge in [0.2, 0.25) is 24.8 Å². The number of carbonyl (C=O) groups excluding carboxylic acids is 9. The molecule has 0 spiro atoms. The first-order valence-electron chi connectivity index (χ1n) is 23.5. The van der Waals surface area contributed by atoms with Gasteiger partial charge in [-0.3, -0.25) is 38.4 Å². The summed E-state index contributed by atoms with van der Waals surface area (Å²) in [5.74, 6) is -1.16. The standard InChI is InChI=1S/2C15H18O9.C13H18O5.C6H10O6/c1-6-11-12(20-7(2)16)13(21-8(3)17)14(22-9(4)18)15(24-11)23-10(5)19;1-6-11(20-7(2)16)12-13(21-8(3)17)14(22-9(4)18)15(24-12)23-10(5)19;1-6-7-8-9(16-12(2,3)15-8)10-11(14-7)18-13(4,5)17-10;7-1-2(8)5-3(9)4(10)6(11)12-5/h2*1,11-15H,2-5H3;1,7-11H,2-5H3;2-5,7-10H,1H2/t;11-,12+,13?,14+,15?;;2?,3?,4-,5-/m.0.1/s1. The quantitative estimate of drug-likeness (QED) is 0.0937. The lowest BCUT2D eigenvalue weighted by Crippen LogP contribution is -2.61. The minimum Gasteiger partial charge on any atom is -0.455 e. The van der Waals surface area contributed by atoms with Crippen LogP contribution in [0.2, 0.25) is 0 Å². The molecule has 0 aromatic heterocycles. The van der Waals surface area contributed by atoms with Gasteiger partial charge in [-0.1, -0.05) is 17.8 Å². The van der Waals surface area contributed by atoms with Gasteiger partial charge < -0.3 is 96.2 Å². The largest absolute Gasteiger partial charge is 0.455 e. The fraction of sp³-hybridized carbons (Fsp3) is 0.694. The number of cyclic esters (lactones) is 1. The number of terminal acetylenes is 3. The third kappa shape index (κ3) is 18.3. The molecule has 19 atom stereocenters. The van der Waals surface area contributed by atoms with E-state index in [0.29, 0.717) is 0 Å².